The number of hydrogen-bond acceptors (Lipinski definition) is 4. The van der Waals surface area contributed by atoms with Crippen molar-refractivity contribution in [1.82, 2.24) is 0 Å². The molecule has 0 unspecified atom stereocenters. The second-order valence-corrected chi connectivity index (χ2v) is 4.71. The van der Waals surface area contributed by atoms with Gasteiger partial charge in [-0.15, -0.1) is 0 Å². The molecular formula is C10H13NO3S. The third kappa shape index (κ3) is 3.13. The Morgan fingerprint density at radius 1 is 1.47 bits per heavy atom. The molecule has 0 saturated carbocycles. The Kier molecular flexibility index (Phi) is 3.96. The highest BCUT2D eigenvalue weighted by molar-refractivity contribution is 7.95. The largest absolute Gasteiger partial charge is 0.418 e. The van der Waals surface area contributed by atoms with Crippen LogP contribution in [0.25, 0.3) is 0 Å². The summed E-state index contributed by atoms with van der Waals surface area (Å²) in [7, 11) is 0. The van der Waals surface area contributed by atoms with E-state index in [2.05, 4.69) is 0 Å². The van der Waals surface area contributed by atoms with Gasteiger partial charge in [-0.05, 0) is 13.0 Å². The third-order valence-electron chi connectivity index (χ3n) is 1.71. The molecular weight excluding hydrogens is 214 g/mol. The quantitative estimate of drug-likeness (QED) is 0.449. The summed E-state index contributed by atoms with van der Waals surface area (Å²) in [5, 5.41) is 11.1. The Morgan fingerprint density at radius 3 is 2.67 bits per heavy atom. The molecule has 0 amide bonds. The van der Waals surface area contributed by atoms with E-state index in [1.54, 1.807) is 25.1 Å². The summed E-state index contributed by atoms with van der Waals surface area (Å²) in [5.41, 5.74) is 0.660. The molecule has 0 heterocycles. The minimum absolute atomic E-state index is 0.0469. The average Bonchev–Trinajstić information content (AvgIpc) is 2.13. The minimum Gasteiger partial charge on any atom is -0.418 e. The molecule has 4 nitrogen and oxygen atoms in total. The van der Waals surface area contributed by atoms with Gasteiger partial charge in [0.05, 0.1) is 17.0 Å². The number of nitro groups is 1. The Morgan fingerprint density at radius 2 is 2.13 bits per heavy atom. The molecule has 0 aliphatic rings. The lowest BCUT2D eigenvalue weighted by Crippen LogP contribution is -1.97. The fourth-order valence-electron chi connectivity index (χ4n) is 1.08. The van der Waals surface area contributed by atoms with E-state index in [1.807, 2.05) is 13.8 Å². The van der Waals surface area contributed by atoms with Crippen LogP contribution in [0.4, 0.5) is 5.69 Å². The van der Waals surface area contributed by atoms with E-state index in [1.165, 1.54) is 12.0 Å². The molecule has 15 heavy (non-hydrogen) atoms. The Labute approximate surface area is 93.0 Å². The number of nitrogens with zero attached hydrogens (tertiary/aromatic N) is 1. The SMILES string of the molecule is Cc1cccc(OSC(C)C)c1[N+](=O)[O-]. The molecule has 0 N–H and O–H groups in total. The molecule has 5 heteroatoms. The summed E-state index contributed by atoms with van der Waals surface area (Å²) in [6.45, 7) is 5.63. The van der Waals surface area contributed by atoms with Crippen molar-refractivity contribution in [2.24, 2.45) is 0 Å². The molecule has 0 aliphatic carbocycles. The van der Waals surface area contributed by atoms with E-state index in [9.17, 15) is 10.1 Å². The molecule has 0 fully saturated rings. The number of para-hydroxylation sites is 1. The van der Waals surface area contributed by atoms with Crippen LogP contribution in [0.1, 0.15) is 19.4 Å². The zero-order valence-corrected chi connectivity index (χ0v) is 9.71. The average molecular weight is 227 g/mol. The minimum atomic E-state index is -0.411. The maximum atomic E-state index is 10.8. The van der Waals surface area contributed by atoms with E-state index in [0.717, 1.165) is 0 Å². The summed E-state index contributed by atoms with van der Waals surface area (Å²) < 4.78 is 5.32. The third-order valence-corrected chi connectivity index (χ3v) is 2.37. The first kappa shape index (κ1) is 11.8. The molecule has 1 aromatic rings. The fourth-order valence-corrected chi connectivity index (χ4v) is 1.51. The summed E-state index contributed by atoms with van der Waals surface area (Å²) in [6.07, 6.45) is 0. The van der Waals surface area contributed by atoms with E-state index in [4.69, 9.17) is 4.18 Å². The van der Waals surface area contributed by atoms with Crippen molar-refractivity contribution in [1.29, 1.82) is 0 Å². The van der Waals surface area contributed by atoms with Crippen LogP contribution in [-0.4, -0.2) is 10.2 Å². The van der Waals surface area contributed by atoms with E-state index in [-0.39, 0.29) is 10.9 Å². The van der Waals surface area contributed by atoms with Crippen LogP contribution in [-0.2, 0) is 0 Å². The second-order valence-electron chi connectivity index (χ2n) is 3.41. The van der Waals surface area contributed by atoms with Crippen LogP contribution in [0.3, 0.4) is 0 Å². The number of aryl methyl sites for hydroxylation is 1. The number of rotatable bonds is 4. The lowest BCUT2D eigenvalue weighted by Gasteiger charge is -2.07. The molecule has 82 valence electrons. The molecule has 0 aliphatic heterocycles. The van der Waals surface area contributed by atoms with E-state index in [0.29, 0.717) is 11.3 Å². The van der Waals surface area contributed by atoms with Crippen LogP contribution in [0, 0.1) is 17.0 Å². The zero-order valence-electron chi connectivity index (χ0n) is 8.89. The van der Waals surface area contributed by atoms with Gasteiger partial charge in [0.15, 0.2) is 0 Å². The smallest absolute Gasteiger partial charge is 0.315 e. The van der Waals surface area contributed by atoms with Crippen molar-refractivity contribution < 1.29 is 9.11 Å². The van der Waals surface area contributed by atoms with Gasteiger partial charge in [-0.25, -0.2) is 0 Å². The maximum Gasteiger partial charge on any atom is 0.315 e. The highest BCUT2D eigenvalue weighted by atomic mass is 32.2. The molecule has 1 aromatic carbocycles. The highest BCUT2D eigenvalue weighted by Gasteiger charge is 2.18. The van der Waals surface area contributed by atoms with Crippen LogP contribution in [0.2, 0.25) is 0 Å². The Hall–Kier alpha value is -1.23. The summed E-state index contributed by atoms with van der Waals surface area (Å²) in [5.74, 6) is 0.318. The van der Waals surface area contributed by atoms with Crippen molar-refractivity contribution in [3.05, 3.63) is 33.9 Å². The fraction of sp³-hybridized carbons (Fsp3) is 0.400. The van der Waals surface area contributed by atoms with Gasteiger partial charge in [0.1, 0.15) is 0 Å². The molecule has 0 spiro atoms. The van der Waals surface area contributed by atoms with Crippen molar-refractivity contribution in [2.45, 2.75) is 26.0 Å². The van der Waals surface area contributed by atoms with Gasteiger partial charge in [0.2, 0.25) is 5.75 Å². The van der Waals surface area contributed by atoms with Crippen molar-refractivity contribution in [2.75, 3.05) is 0 Å². The van der Waals surface area contributed by atoms with Crippen molar-refractivity contribution >= 4 is 17.7 Å². The summed E-state index contributed by atoms with van der Waals surface area (Å²) in [4.78, 5) is 10.4. The van der Waals surface area contributed by atoms with Crippen molar-refractivity contribution in [3.8, 4) is 5.75 Å². The second kappa shape index (κ2) is 5.02. The number of nitro benzene ring substituents is 1. The lowest BCUT2D eigenvalue weighted by molar-refractivity contribution is -0.386. The van der Waals surface area contributed by atoms with Gasteiger partial charge in [-0.1, -0.05) is 26.0 Å². The van der Waals surface area contributed by atoms with Gasteiger partial charge in [0.25, 0.3) is 0 Å². The summed E-state index contributed by atoms with van der Waals surface area (Å²) in [6, 6.07) is 5.06. The first-order valence-corrected chi connectivity index (χ1v) is 5.40. The van der Waals surface area contributed by atoms with Crippen LogP contribution in [0.5, 0.6) is 5.75 Å². The Bertz CT molecular complexity index is 366. The normalized spacial score (nSPS) is 10.4. The van der Waals surface area contributed by atoms with Gasteiger partial charge < -0.3 is 4.18 Å². The van der Waals surface area contributed by atoms with Gasteiger partial charge in [-0.2, -0.15) is 0 Å². The maximum absolute atomic E-state index is 10.8. The molecule has 1 rings (SSSR count). The monoisotopic (exact) mass is 227 g/mol. The lowest BCUT2D eigenvalue weighted by atomic mass is 10.2. The van der Waals surface area contributed by atoms with Crippen LogP contribution < -0.4 is 4.18 Å². The predicted molar refractivity (Wildman–Crippen MR) is 61.2 cm³/mol. The Balaban J connectivity index is 2.96. The zero-order chi connectivity index (χ0) is 11.4. The highest BCUT2D eigenvalue weighted by Crippen LogP contribution is 2.33. The molecule has 0 radical (unpaired) electrons. The van der Waals surface area contributed by atoms with Crippen LogP contribution >= 0.6 is 12.0 Å². The van der Waals surface area contributed by atoms with Crippen LogP contribution in [0.15, 0.2) is 18.2 Å². The number of hydrogen-bond donors (Lipinski definition) is 0. The molecule has 0 atom stereocenters. The van der Waals surface area contributed by atoms with E-state index >= 15 is 0 Å². The molecule has 0 saturated heterocycles. The first-order chi connectivity index (χ1) is 7.02. The standard InChI is InChI=1S/C10H13NO3S/c1-7(2)15-14-9-6-4-5-8(3)10(9)11(12)13/h4-7H,1-3H3. The van der Waals surface area contributed by atoms with Gasteiger partial charge >= 0.3 is 5.69 Å². The van der Waals surface area contributed by atoms with Gasteiger partial charge in [-0.3, -0.25) is 10.1 Å². The van der Waals surface area contributed by atoms with Crippen molar-refractivity contribution in [3.63, 3.8) is 0 Å². The van der Waals surface area contributed by atoms with E-state index < -0.39 is 4.92 Å². The topological polar surface area (TPSA) is 52.4 Å². The predicted octanol–water partition coefficient (Wildman–Crippen LogP) is 3.34. The number of benzene rings is 1. The molecule has 0 bridgehead atoms. The molecule has 0 aromatic heterocycles. The van der Waals surface area contributed by atoms with Gasteiger partial charge in [0, 0.05) is 10.8 Å². The summed E-state index contributed by atoms with van der Waals surface area (Å²) >= 11 is 1.22. The first-order valence-electron chi connectivity index (χ1n) is 4.59.